The molecule has 2 fully saturated rings. The van der Waals surface area contributed by atoms with Crippen LogP contribution in [0.5, 0.6) is 0 Å². The molecule has 1 N–H and O–H groups in total. The number of amides is 1. The summed E-state index contributed by atoms with van der Waals surface area (Å²) in [6.45, 7) is 6.51. The van der Waals surface area contributed by atoms with Crippen LogP contribution in [0.3, 0.4) is 0 Å². The van der Waals surface area contributed by atoms with E-state index in [9.17, 15) is 4.79 Å². The highest BCUT2D eigenvalue weighted by molar-refractivity contribution is 5.95. The third-order valence-electron chi connectivity index (χ3n) is 5.66. The number of hydrogen-bond acceptors (Lipinski definition) is 3. The molecule has 2 aliphatic rings. The van der Waals surface area contributed by atoms with E-state index in [4.69, 9.17) is 0 Å². The number of pyridine rings is 1. The van der Waals surface area contributed by atoms with Crippen LogP contribution in [0.1, 0.15) is 46.7 Å². The van der Waals surface area contributed by atoms with Crippen molar-refractivity contribution in [1.29, 1.82) is 0 Å². The lowest BCUT2D eigenvalue weighted by atomic mass is 10.1. The molecule has 0 aromatic carbocycles. The van der Waals surface area contributed by atoms with E-state index in [-0.39, 0.29) is 5.91 Å². The standard InChI is InChI=1S/C20H26N4O/c1-14-11-19(15(2)24(14)13-17-5-3-4-9-21-17)20(25)23-10-8-16-6-7-18(12-23)22-16/h3-5,9,11,16,18,22H,6-8,10,12-13H2,1-2H3. The summed E-state index contributed by atoms with van der Waals surface area (Å²) in [5.41, 5.74) is 4.00. The Bertz CT molecular complexity index is 768. The number of carbonyl (C=O) groups excluding carboxylic acids is 1. The molecule has 2 aromatic heterocycles. The van der Waals surface area contributed by atoms with Crippen molar-refractivity contribution in [2.24, 2.45) is 0 Å². The summed E-state index contributed by atoms with van der Waals surface area (Å²) >= 11 is 0. The first-order valence-electron chi connectivity index (χ1n) is 9.24. The van der Waals surface area contributed by atoms with Crippen molar-refractivity contribution in [2.45, 2.75) is 51.7 Å². The number of likely N-dealkylation sites (tertiary alicyclic amines) is 1. The topological polar surface area (TPSA) is 50.2 Å². The highest BCUT2D eigenvalue weighted by Gasteiger charge is 2.32. The van der Waals surface area contributed by atoms with E-state index < -0.39 is 0 Å². The molecule has 1 amide bonds. The fraction of sp³-hybridized carbons (Fsp3) is 0.500. The number of fused-ring (bicyclic) bond motifs is 2. The predicted octanol–water partition coefficient (Wildman–Crippen LogP) is 2.51. The van der Waals surface area contributed by atoms with Gasteiger partial charge in [-0.15, -0.1) is 0 Å². The Balaban J connectivity index is 1.56. The van der Waals surface area contributed by atoms with E-state index in [0.717, 1.165) is 42.2 Å². The quantitative estimate of drug-likeness (QED) is 0.935. The van der Waals surface area contributed by atoms with Gasteiger partial charge in [0.05, 0.1) is 17.8 Å². The van der Waals surface area contributed by atoms with Gasteiger partial charge in [0, 0.05) is 42.8 Å². The van der Waals surface area contributed by atoms with Crippen molar-refractivity contribution in [3.8, 4) is 0 Å². The van der Waals surface area contributed by atoms with Crippen LogP contribution in [0.25, 0.3) is 0 Å². The van der Waals surface area contributed by atoms with Gasteiger partial charge in [-0.2, -0.15) is 0 Å². The fourth-order valence-corrected chi connectivity index (χ4v) is 4.21. The van der Waals surface area contributed by atoms with Gasteiger partial charge in [-0.05, 0) is 51.3 Å². The minimum Gasteiger partial charge on any atom is -0.342 e. The molecule has 0 saturated carbocycles. The molecule has 4 rings (SSSR count). The molecule has 2 atom stereocenters. The van der Waals surface area contributed by atoms with Crippen molar-refractivity contribution in [3.63, 3.8) is 0 Å². The Morgan fingerprint density at radius 1 is 1.24 bits per heavy atom. The van der Waals surface area contributed by atoms with Crippen LogP contribution in [0.15, 0.2) is 30.5 Å². The lowest BCUT2D eigenvalue weighted by Gasteiger charge is -2.24. The largest absolute Gasteiger partial charge is 0.342 e. The molecule has 4 heterocycles. The monoisotopic (exact) mass is 338 g/mol. The number of rotatable bonds is 3. The molecule has 2 bridgehead atoms. The second-order valence-electron chi connectivity index (χ2n) is 7.37. The van der Waals surface area contributed by atoms with Crippen molar-refractivity contribution in [2.75, 3.05) is 13.1 Å². The minimum absolute atomic E-state index is 0.176. The average Bonchev–Trinajstić information content (AvgIpc) is 3.08. The Morgan fingerprint density at radius 3 is 2.88 bits per heavy atom. The lowest BCUT2D eigenvalue weighted by Crippen LogP contribution is -2.39. The number of aromatic nitrogens is 2. The van der Waals surface area contributed by atoms with Gasteiger partial charge in [0.25, 0.3) is 5.91 Å². The number of aryl methyl sites for hydroxylation is 1. The first-order valence-corrected chi connectivity index (χ1v) is 9.24. The summed E-state index contributed by atoms with van der Waals surface area (Å²) in [5, 5.41) is 3.65. The summed E-state index contributed by atoms with van der Waals surface area (Å²) in [6.07, 6.45) is 5.32. The van der Waals surface area contributed by atoms with Gasteiger partial charge in [-0.1, -0.05) is 6.07 Å². The highest BCUT2D eigenvalue weighted by atomic mass is 16.2. The van der Waals surface area contributed by atoms with Crippen LogP contribution in [0.2, 0.25) is 0 Å². The first kappa shape index (κ1) is 16.3. The van der Waals surface area contributed by atoms with Crippen LogP contribution in [0.4, 0.5) is 0 Å². The molecular formula is C20H26N4O. The third-order valence-corrected chi connectivity index (χ3v) is 5.66. The normalized spacial score (nSPS) is 22.9. The maximum atomic E-state index is 13.1. The molecule has 0 radical (unpaired) electrons. The van der Waals surface area contributed by atoms with E-state index in [2.05, 4.69) is 21.8 Å². The van der Waals surface area contributed by atoms with Crippen molar-refractivity contribution < 1.29 is 4.79 Å². The SMILES string of the molecule is Cc1cc(C(=O)N2CCC3CCC(C2)N3)c(C)n1Cc1ccccn1. The number of nitrogens with zero attached hydrogens (tertiary/aromatic N) is 3. The maximum absolute atomic E-state index is 13.1. The number of nitrogens with one attached hydrogen (secondary N) is 1. The number of hydrogen-bond donors (Lipinski definition) is 1. The lowest BCUT2D eigenvalue weighted by molar-refractivity contribution is 0.0747. The molecule has 132 valence electrons. The Hall–Kier alpha value is -2.14. The molecule has 5 heteroatoms. The zero-order valence-electron chi connectivity index (χ0n) is 15.0. The van der Waals surface area contributed by atoms with E-state index in [1.807, 2.05) is 42.3 Å². The predicted molar refractivity (Wildman–Crippen MR) is 97.7 cm³/mol. The molecule has 2 aliphatic heterocycles. The summed E-state index contributed by atoms with van der Waals surface area (Å²) in [7, 11) is 0. The van der Waals surface area contributed by atoms with Gasteiger partial charge >= 0.3 is 0 Å². The molecular weight excluding hydrogens is 312 g/mol. The van der Waals surface area contributed by atoms with Gasteiger partial charge in [0.15, 0.2) is 0 Å². The zero-order valence-corrected chi connectivity index (χ0v) is 15.0. The second-order valence-corrected chi connectivity index (χ2v) is 7.37. The molecule has 2 unspecified atom stereocenters. The van der Waals surface area contributed by atoms with Crippen molar-refractivity contribution >= 4 is 5.91 Å². The van der Waals surface area contributed by atoms with E-state index >= 15 is 0 Å². The van der Waals surface area contributed by atoms with E-state index in [1.54, 1.807) is 0 Å². The van der Waals surface area contributed by atoms with E-state index in [1.165, 1.54) is 12.8 Å². The van der Waals surface area contributed by atoms with Crippen molar-refractivity contribution in [1.82, 2.24) is 19.8 Å². The smallest absolute Gasteiger partial charge is 0.255 e. The summed E-state index contributed by atoms with van der Waals surface area (Å²) in [6, 6.07) is 9.05. The highest BCUT2D eigenvalue weighted by Crippen LogP contribution is 2.24. The Kier molecular flexibility index (Phi) is 4.34. The first-order chi connectivity index (χ1) is 12.1. The molecule has 2 aromatic rings. The van der Waals surface area contributed by atoms with Gasteiger partial charge in [0.1, 0.15) is 0 Å². The van der Waals surface area contributed by atoms with Crippen LogP contribution >= 0.6 is 0 Å². The van der Waals surface area contributed by atoms with Gasteiger partial charge in [0.2, 0.25) is 0 Å². The van der Waals surface area contributed by atoms with E-state index in [0.29, 0.717) is 18.6 Å². The van der Waals surface area contributed by atoms with Crippen LogP contribution in [-0.2, 0) is 6.54 Å². The summed E-state index contributed by atoms with van der Waals surface area (Å²) in [4.78, 5) is 19.6. The van der Waals surface area contributed by atoms with Crippen LogP contribution < -0.4 is 5.32 Å². The van der Waals surface area contributed by atoms with Crippen molar-refractivity contribution in [3.05, 3.63) is 53.1 Å². The van der Waals surface area contributed by atoms with Gasteiger partial charge in [-0.3, -0.25) is 9.78 Å². The Labute approximate surface area is 149 Å². The summed E-state index contributed by atoms with van der Waals surface area (Å²) < 4.78 is 2.19. The molecule has 25 heavy (non-hydrogen) atoms. The molecule has 5 nitrogen and oxygen atoms in total. The molecule has 2 saturated heterocycles. The van der Waals surface area contributed by atoms with Crippen LogP contribution in [0, 0.1) is 13.8 Å². The molecule has 0 aliphatic carbocycles. The maximum Gasteiger partial charge on any atom is 0.255 e. The number of carbonyl (C=O) groups is 1. The third kappa shape index (κ3) is 3.21. The summed E-state index contributed by atoms with van der Waals surface area (Å²) in [5.74, 6) is 0.176. The fourth-order valence-electron chi connectivity index (χ4n) is 4.21. The molecule has 0 spiro atoms. The van der Waals surface area contributed by atoms with Crippen LogP contribution in [-0.4, -0.2) is 45.5 Å². The Morgan fingerprint density at radius 2 is 2.08 bits per heavy atom. The minimum atomic E-state index is 0.176. The average molecular weight is 338 g/mol. The zero-order chi connectivity index (χ0) is 17.4. The van der Waals surface area contributed by atoms with Gasteiger partial charge in [-0.25, -0.2) is 0 Å². The van der Waals surface area contributed by atoms with Gasteiger partial charge < -0.3 is 14.8 Å². The second kappa shape index (κ2) is 6.64.